The van der Waals surface area contributed by atoms with Crippen molar-refractivity contribution in [1.29, 1.82) is 0 Å². The van der Waals surface area contributed by atoms with Crippen molar-refractivity contribution in [3.8, 4) is 5.75 Å². The number of hydrogen-bond donors (Lipinski definition) is 1. The van der Waals surface area contributed by atoms with Gasteiger partial charge in [-0.1, -0.05) is 45.7 Å². The Morgan fingerprint density at radius 1 is 1.15 bits per heavy atom. The number of nitrogens with one attached hydrogen (secondary N) is 1. The highest BCUT2D eigenvalue weighted by atomic mass is 16.5. The quantitative estimate of drug-likeness (QED) is 0.732. The summed E-state index contributed by atoms with van der Waals surface area (Å²) < 4.78 is 5.66. The summed E-state index contributed by atoms with van der Waals surface area (Å²) in [5.74, 6) is 1.20. The number of hydrogen-bond acceptors (Lipinski definition) is 2. The number of carbonyl (C=O) groups is 1. The monoisotopic (exact) mass is 277 g/mol. The molecule has 1 unspecified atom stereocenters. The lowest BCUT2D eigenvalue weighted by Crippen LogP contribution is -2.36. The minimum atomic E-state index is -0.457. The molecule has 1 atom stereocenters. The second-order valence-corrected chi connectivity index (χ2v) is 5.48. The Kier molecular flexibility index (Phi) is 7.13. The van der Waals surface area contributed by atoms with Gasteiger partial charge in [0.05, 0.1) is 0 Å². The number of amides is 1. The van der Waals surface area contributed by atoms with Crippen LogP contribution in [0.4, 0.5) is 0 Å². The van der Waals surface area contributed by atoms with E-state index >= 15 is 0 Å². The molecule has 0 radical (unpaired) electrons. The van der Waals surface area contributed by atoms with Crippen LogP contribution in [-0.2, 0) is 4.79 Å². The predicted octanol–water partition coefficient (Wildman–Crippen LogP) is 3.88. The van der Waals surface area contributed by atoms with Crippen LogP contribution in [0.25, 0.3) is 0 Å². The number of unbranched alkanes of at least 4 members (excludes halogenated alkanes) is 2. The predicted molar refractivity (Wildman–Crippen MR) is 83.2 cm³/mol. The van der Waals surface area contributed by atoms with Gasteiger partial charge in [0.15, 0.2) is 6.10 Å². The van der Waals surface area contributed by atoms with Gasteiger partial charge in [-0.2, -0.15) is 0 Å². The zero-order valence-electron chi connectivity index (χ0n) is 13.1. The fraction of sp³-hybridized carbons (Fsp3) is 0.588. The van der Waals surface area contributed by atoms with Crippen molar-refractivity contribution in [2.75, 3.05) is 6.54 Å². The fourth-order valence-corrected chi connectivity index (χ4v) is 1.92. The van der Waals surface area contributed by atoms with Gasteiger partial charge in [0.2, 0.25) is 0 Å². The topological polar surface area (TPSA) is 38.3 Å². The number of ether oxygens (including phenoxy) is 1. The van der Waals surface area contributed by atoms with E-state index in [9.17, 15) is 4.79 Å². The number of carbonyl (C=O) groups excluding carboxylic acids is 1. The minimum Gasteiger partial charge on any atom is -0.481 e. The zero-order chi connectivity index (χ0) is 15.0. The van der Waals surface area contributed by atoms with Crippen LogP contribution in [0.1, 0.15) is 58.4 Å². The third-order valence-electron chi connectivity index (χ3n) is 3.31. The molecular weight excluding hydrogens is 250 g/mol. The van der Waals surface area contributed by atoms with Gasteiger partial charge >= 0.3 is 0 Å². The Labute approximate surface area is 122 Å². The molecule has 0 bridgehead atoms. The van der Waals surface area contributed by atoms with Crippen molar-refractivity contribution < 1.29 is 9.53 Å². The van der Waals surface area contributed by atoms with Gasteiger partial charge < -0.3 is 10.1 Å². The first kappa shape index (κ1) is 16.5. The van der Waals surface area contributed by atoms with E-state index in [0.717, 1.165) is 31.6 Å². The molecule has 1 aromatic rings. The summed E-state index contributed by atoms with van der Waals surface area (Å²) in [5.41, 5.74) is 1.27. The molecule has 1 rings (SSSR count). The first-order valence-corrected chi connectivity index (χ1v) is 7.59. The van der Waals surface area contributed by atoms with E-state index in [4.69, 9.17) is 4.74 Å². The van der Waals surface area contributed by atoms with E-state index in [1.807, 2.05) is 24.3 Å². The van der Waals surface area contributed by atoms with Crippen LogP contribution >= 0.6 is 0 Å². The van der Waals surface area contributed by atoms with Crippen molar-refractivity contribution in [2.45, 2.75) is 59.0 Å². The second-order valence-electron chi connectivity index (χ2n) is 5.48. The lowest BCUT2D eigenvalue weighted by molar-refractivity contribution is -0.127. The van der Waals surface area contributed by atoms with E-state index in [1.165, 1.54) is 5.56 Å². The van der Waals surface area contributed by atoms with E-state index in [-0.39, 0.29) is 5.91 Å². The molecule has 3 heteroatoms. The molecule has 20 heavy (non-hydrogen) atoms. The van der Waals surface area contributed by atoms with Gasteiger partial charge in [-0.25, -0.2) is 0 Å². The third-order valence-corrected chi connectivity index (χ3v) is 3.31. The van der Waals surface area contributed by atoms with Crippen molar-refractivity contribution >= 4 is 5.91 Å². The average Bonchev–Trinajstić information content (AvgIpc) is 2.44. The summed E-state index contributed by atoms with van der Waals surface area (Å²) in [7, 11) is 0. The molecule has 3 nitrogen and oxygen atoms in total. The Bertz CT molecular complexity index is 398. The van der Waals surface area contributed by atoms with Gasteiger partial charge in [0.1, 0.15) is 5.75 Å². The summed E-state index contributed by atoms with van der Waals surface area (Å²) in [6.45, 7) is 8.97. The SMILES string of the molecule is CCCCCNC(=O)C(C)Oc1ccc(C(C)C)cc1. The first-order valence-electron chi connectivity index (χ1n) is 7.59. The molecule has 1 aromatic carbocycles. The van der Waals surface area contributed by atoms with Gasteiger partial charge in [-0.05, 0) is 37.0 Å². The maximum Gasteiger partial charge on any atom is 0.260 e. The highest BCUT2D eigenvalue weighted by molar-refractivity contribution is 5.80. The molecular formula is C17H27NO2. The molecule has 0 aliphatic rings. The maximum atomic E-state index is 11.8. The van der Waals surface area contributed by atoms with Gasteiger partial charge in [-0.3, -0.25) is 4.79 Å². The molecule has 0 heterocycles. The van der Waals surface area contributed by atoms with Gasteiger partial charge in [0, 0.05) is 6.54 Å². The lowest BCUT2D eigenvalue weighted by Gasteiger charge is -2.15. The van der Waals surface area contributed by atoms with Gasteiger partial charge in [-0.15, -0.1) is 0 Å². The van der Waals surface area contributed by atoms with Crippen molar-refractivity contribution in [2.24, 2.45) is 0 Å². The summed E-state index contributed by atoms with van der Waals surface area (Å²) in [4.78, 5) is 11.8. The van der Waals surface area contributed by atoms with Crippen LogP contribution in [0, 0.1) is 0 Å². The number of benzene rings is 1. The van der Waals surface area contributed by atoms with Crippen molar-refractivity contribution in [3.63, 3.8) is 0 Å². The van der Waals surface area contributed by atoms with E-state index in [2.05, 4.69) is 26.1 Å². The Hall–Kier alpha value is -1.51. The maximum absolute atomic E-state index is 11.8. The minimum absolute atomic E-state index is 0.0472. The summed E-state index contributed by atoms with van der Waals surface area (Å²) in [5, 5.41) is 2.90. The smallest absolute Gasteiger partial charge is 0.260 e. The Morgan fingerprint density at radius 2 is 1.80 bits per heavy atom. The van der Waals surface area contributed by atoms with Crippen LogP contribution < -0.4 is 10.1 Å². The highest BCUT2D eigenvalue weighted by Gasteiger charge is 2.13. The molecule has 112 valence electrons. The van der Waals surface area contributed by atoms with Crippen LogP contribution in [0.2, 0.25) is 0 Å². The standard InChI is InChI=1S/C17H27NO2/c1-5-6-7-12-18-17(19)14(4)20-16-10-8-15(9-11-16)13(2)3/h8-11,13-14H,5-7,12H2,1-4H3,(H,18,19). The Morgan fingerprint density at radius 3 is 2.35 bits per heavy atom. The zero-order valence-corrected chi connectivity index (χ0v) is 13.1. The normalized spacial score (nSPS) is 12.2. The first-order chi connectivity index (χ1) is 9.54. The third kappa shape index (κ3) is 5.64. The van der Waals surface area contributed by atoms with Gasteiger partial charge in [0.25, 0.3) is 5.91 Å². The molecule has 1 amide bonds. The summed E-state index contributed by atoms with van der Waals surface area (Å²) in [6.07, 6.45) is 2.87. The molecule has 0 fully saturated rings. The molecule has 0 aromatic heterocycles. The average molecular weight is 277 g/mol. The second kappa shape index (κ2) is 8.62. The molecule has 1 N–H and O–H groups in total. The van der Waals surface area contributed by atoms with E-state index < -0.39 is 6.10 Å². The Balaban J connectivity index is 2.40. The fourth-order valence-electron chi connectivity index (χ4n) is 1.92. The number of rotatable bonds is 8. The van der Waals surface area contributed by atoms with Crippen LogP contribution in [0.15, 0.2) is 24.3 Å². The molecule has 0 aliphatic carbocycles. The molecule has 0 saturated heterocycles. The largest absolute Gasteiger partial charge is 0.481 e. The molecule has 0 saturated carbocycles. The lowest BCUT2D eigenvalue weighted by atomic mass is 10.0. The van der Waals surface area contributed by atoms with Crippen molar-refractivity contribution in [1.82, 2.24) is 5.32 Å². The highest BCUT2D eigenvalue weighted by Crippen LogP contribution is 2.19. The molecule has 0 aliphatic heterocycles. The summed E-state index contributed by atoms with van der Waals surface area (Å²) >= 11 is 0. The van der Waals surface area contributed by atoms with E-state index in [0.29, 0.717) is 5.92 Å². The van der Waals surface area contributed by atoms with Crippen molar-refractivity contribution in [3.05, 3.63) is 29.8 Å². The molecule has 0 spiro atoms. The summed E-state index contributed by atoms with van der Waals surface area (Å²) in [6, 6.07) is 7.95. The van der Waals surface area contributed by atoms with Crippen LogP contribution in [0.5, 0.6) is 5.75 Å². The van der Waals surface area contributed by atoms with E-state index in [1.54, 1.807) is 6.92 Å². The van der Waals surface area contributed by atoms with Crippen LogP contribution in [0.3, 0.4) is 0 Å². The van der Waals surface area contributed by atoms with Crippen LogP contribution in [-0.4, -0.2) is 18.6 Å².